The van der Waals surface area contributed by atoms with E-state index in [0.717, 1.165) is 24.1 Å². The van der Waals surface area contributed by atoms with Crippen molar-refractivity contribution in [1.29, 1.82) is 0 Å². The molecular formula is C16H26N2O. The van der Waals surface area contributed by atoms with Gasteiger partial charge in [-0.2, -0.15) is 0 Å². The van der Waals surface area contributed by atoms with Crippen LogP contribution in [0.1, 0.15) is 39.7 Å². The molecule has 1 rings (SSSR count). The van der Waals surface area contributed by atoms with Crippen molar-refractivity contribution in [2.24, 2.45) is 17.1 Å². The van der Waals surface area contributed by atoms with Crippen LogP contribution in [0.4, 0.5) is 5.69 Å². The molecule has 0 spiro atoms. The molecule has 0 aliphatic carbocycles. The first-order chi connectivity index (χ1) is 8.87. The Balaban J connectivity index is 2.77. The summed E-state index contributed by atoms with van der Waals surface area (Å²) in [5.74, 6) is -0.108. The lowest BCUT2D eigenvalue weighted by Gasteiger charge is -2.24. The van der Waals surface area contributed by atoms with Crippen molar-refractivity contribution >= 4 is 11.6 Å². The Bertz CT molecular complexity index is 421. The zero-order valence-electron chi connectivity index (χ0n) is 12.5. The fourth-order valence-electron chi connectivity index (χ4n) is 2.21. The van der Waals surface area contributed by atoms with Crippen molar-refractivity contribution < 1.29 is 4.79 Å². The van der Waals surface area contributed by atoms with Gasteiger partial charge < -0.3 is 11.1 Å². The number of para-hydroxylation sites is 1. The van der Waals surface area contributed by atoms with Gasteiger partial charge >= 0.3 is 0 Å². The highest BCUT2D eigenvalue weighted by Gasteiger charge is 2.24. The molecule has 3 nitrogen and oxygen atoms in total. The quantitative estimate of drug-likeness (QED) is 0.856. The molecule has 0 fully saturated rings. The molecular weight excluding hydrogens is 236 g/mol. The number of nitrogens with one attached hydrogen (secondary N) is 1. The summed E-state index contributed by atoms with van der Waals surface area (Å²) in [6, 6.07) is 7.91. The van der Waals surface area contributed by atoms with Crippen molar-refractivity contribution in [1.82, 2.24) is 0 Å². The van der Waals surface area contributed by atoms with Gasteiger partial charge in [0, 0.05) is 12.2 Å². The third-order valence-corrected chi connectivity index (χ3v) is 3.17. The maximum atomic E-state index is 12.3. The summed E-state index contributed by atoms with van der Waals surface area (Å²) < 4.78 is 0. The van der Waals surface area contributed by atoms with Crippen LogP contribution >= 0.6 is 0 Å². The molecule has 0 saturated heterocycles. The fourth-order valence-corrected chi connectivity index (χ4v) is 2.21. The van der Waals surface area contributed by atoms with Crippen molar-refractivity contribution in [3.8, 4) is 0 Å². The first kappa shape index (κ1) is 15.7. The van der Waals surface area contributed by atoms with Gasteiger partial charge in [-0.1, -0.05) is 45.9 Å². The zero-order valence-corrected chi connectivity index (χ0v) is 12.5. The molecule has 1 amide bonds. The minimum atomic E-state index is -0.134. The summed E-state index contributed by atoms with van der Waals surface area (Å²) >= 11 is 0. The predicted molar refractivity (Wildman–Crippen MR) is 81.1 cm³/mol. The van der Waals surface area contributed by atoms with E-state index in [2.05, 4.69) is 33.0 Å². The van der Waals surface area contributed by atoms with Crippen LogP contribution in [-0.4, -0.2) is 12.5 Å². The third kappa shape index (κ3) is 5.03. The number of aryl methyl sites for hydroxylation is 1. The summed E-state index contributed by atoms with van der Waals surface area (Å²) in [5, 5.41) is 3.02. The minimum Gasteiger partial charge on any atom is -0.330 e. The molecule has 1 aromatic carbocycles. The van der Waals surface area contributed by atoms with E-state index in [1.807, 2.05) is 24.3 Å². The van der Waals surface area contributed by atoms with Gasteiger partial charge in [0.25, 0.3) is 0 Å². The average Bonchev–Trinajstić information content (AvgIpc) is 2.35. The van der Waals surface area contributed by atoms with E-state index < -0.39 is 0 Å². The van der Waals surface area contributed by atoms with Crippen LogP contribution in [0, 0.1) is 11.3 Å². The normalized spacial score (nSPS) is 13.1. The molecule has 1 atom stereocenters. The summed E-state index contributed by atoms with van der Waals surface area (Å²) in [4.78, 5) is 12.3. The Hall–Kier alpha value is -1.35. The predicted octanol–water partition coefficient (Wildman–Crippen LogP) is 3.20. The highest BCUT2D eigenvalue weighted by atomic mass is 16.1. The second kappa shape index (κ2) is 6.71. The number of carbonyl (C=O) groups excluding carboxylic acids is 1. The second-order valence-electron chi connectivity index (χ2n) is 6.20. The van der Waals surface area contributed by atoms with Gasteiger partial charge in [-0.3, -0.25) is 4.79 Å². The summed E-state index contributed by atoms with van der Waals surface area (Å²) in [5.41, 5.74) is 7.91. The van der Waals surface area contributed by atoms with Gasteiger partial charge in [0.15, 0.2) is 0 Å². The number of hydrogen-bond acceptors (Lipinski definition) is 2. The van der Waals surface area contributed by atoms with E-state index in [1.54, 1.807) is 0 Å². The molecule has 1 unspecified atom stereocenters. The Morgan fingerprint density at radius 2 is 1.95 bits per heavy atom. The van der Waals surface area contributed by atoms with Crippen molar-refractivity contribution in [2.45, 2.75) is 40.5 Å². The molecule has 1 aromatic rings. The highest BCUT2D eigenvalue weighted by Crippen LogP contribution is 2.25. The number of carbonyl (C=O) groups is 1. The van der Waals surface area contributed by atoms with Gasteiger partial charge in [-0.25, -0.2) is 0 Å². The number of hydrogen-bond donors (Lipinski definition) is 2. The molecule has 106 valence electrons. The van der Waals surface area contributed by atoms with E-state index in [0.29, 0.717) is 6.54 Å². The second-order valence-corrected chi connectivity index (χ2v) is 6.20. The smallest absolute Gasteiger partial charge is 0.228 e. The summed E-state index contributed by atoms with van der Waals surface area (Å²) in [7, 11) is 0. The van der Waals surface area contributed by atoms with E-state index in [4.69, 9.17) is 5.73 Å². The van der Waals surface area contributed by atoms with Crippen molar-refractivity contribution in [3.05, 3.63) is 29.8 Å². The first-order valence-electron chi connectivity index (χ1n) is 6.96. The number of nitrogens with two attached hydrogens (primary N) is 1. The summed E-state index contributed by atoms with van der Waals surface area (Å²) in [6.45, 7) is 8.85. The highest BCUT2D eigenvalue weighted by molar-refractivity contribution is 5.93. The van der Waals surface area contributed by atoms with Crippen LogP contribution in [0.25, 0.3) is 0 Å². The molecule has 19 heavy (non-hydrogen) atoms. The molecule has 0 bridgehead atoms. The Morgan fingerprint density at radius 1 is 1.32 bits per heavy atom. The van der Waals surface area contributed by atoms with Crippen LogP contribution in [0.3, 0.4) is 0 Å². The van der Waals surface area contributed by atoms with E-state index in [-0.39, 0.29) is 17.2 Å². The Morgan fingerprint density at radius 3 is 2.47 bits per heavy atom. The van der Waals surface area contributed by atoms with Crippen LogP contribution in [0.2, 0.25) is 0 Å². The Kier molecular flexibility index (Phi) is 5.55. The monoisotopic (exact) mass is 262 g/mol. The van der Waals surface area contributed by atoms with Crippen LogP contribution in [-0.2, 0) is 11.2 Å². The van der Waals surface area contributed by atoms with Gasteiger partial charge in [-0.15, -0.1) is 0 Å². The molecule has 0 aromatic heterocycles. The molecule has 0 aliphatic rings. The number of amides is 1. The van der Waals surface area contributed by atoms with Gasteiger partial charge in [0.05, 0.1) is 5.92 Å². The fraction of sp³-hybridized carbons (Fsp3) is 0.562. The van der Waals surface area contributed by atoms with Crippen LogP contribution < -0.4 is 11.1 Å². The molecule has 3 heteroatoms. The molecule has 3 N–H and O–H groups in total. The average molecular weight is 262 g/mol. The maximum absolute atomic E-state index is 12.3. The molecule has 0 heterocycles. The Labute approximate surface area is 116 Å². The van der Waals surface area contributed by atoms with Gasteiger partial charge in [0.2, 0.25) is 5.91 Å². The lowest BCUT2D eigenvalue weighted by Crippen LogP contribution is -2.32. The number of benzene rings is 1. The van der Waals surface area contributed by atoms with E-state index in [9.17, 15) is 4.79 Å². The lowest BCUT2D eigenvalue weighted by atomic mass is 9.84. The van der Waals surface area contributed by atoms with Crippen LogP contribution in [0.5, 0.6) is 0 Å². The van der Waals surface area contributed by atoms with Crippen LogP contribution in [0.15, 0.2) is 24.3 Å². The largest absolute Gasteiger partial charge is 0.330 e. The SMILES string of the molecule is CCc1ccccc1NC(=O)C(CN)CC(C)(C)C. The van der Waals surface area contributed by atoms with Gasteiger partial charge in [0.1, 0.15) is 0 Å². The minimum absolute atomic E-state index is 0.0262. The lowest BCUT2D eigenvalue weighted by molar-refractivity contribution is -0.120. The van der Waals surface area contributed by atoms with E-state index >= 15 is 0 Å². The van der Waals surface area contributed by atoms with Crippen molar-refractivity contribution in [3.63, 3.8) is 0 Å². The third-order valence-electron chi connectivity index (χ3n) is 3.17. The summed E-state index contributed by atoms with van der Waals surface area (Å²) in [6.07, 6.45) is 1.70. The van der Waals surface area contributed by atoms with Gasteiger partial charge in [-0.05, 0) is 29.9 Å². The zero-order chi connectivity index (χ0) is 14.5. The molecule has 0 aliphatic heterocycles. The first-order valence-corrected chi connectivity index (χ1v) is 6.96. The number of rotatable bonds is 5. The van der Waals surface area contributed by atoms with Crippen molar-refractivity contribution in [2.75, 3.05) is 11.9 Å². The van der Waals surface area contributed by atoms with E-state index in [1.165, 1.54) is 0 Å². The topological polar surface area (TPSA) is 55.1 Å². The maximum Gasteiger partial charge on any atom is 0.228 e. The molecule has 0 radical (unpaired) electrons. The number of anilines is 1. The molecule has 0 saturated carbocycles. The standard InChI is InChI=1S/C16H26N2O/c1-5-12-8-6-7-9-14(12)18-15(19)13(11-17)10-16(2,3)4/h6-9,13H,5,10-11,17H2,1-4H3,(H,18,19).